The van der Waals surface area contributed by atoms with Crippen molar-refractivity contribution in [3.05, 3.63) is 74.3 Å². The SMILES string of the molecule is CC[C@@]1(O)C(=O)OCc2c1cc1n(c2=O)Cc2c-1nc1cc(F)c(C)cc1c2CCCCOCNC(=O)[C@H](C)CC(=O)[C@H](C)NC(=O)[C@H](C)CC(=O)CCCCCN1C(=O)C=CC1=O. The highest BCUT2D eigenvalue weighted by Gasteiger charge is 2.45. The fourth-order valence-electron chi connectivity index (χ4n) is 8.42. The van der Waals surface area contributed by atoms with E-state index in [1.807, 2.05) is 0 Å². The number of ether oxygens (including phenoxy) is 2. The number of rotatable bonds is 22. The number of benzene rings is 1. The van der Waals surface area contributed by atoms with E-state index < -0.39 is 47.1 Å². The second-order valence-electron chi connectivity index (χ2n) is 17.1. The highest BCUT2D eigenvalue weighted by molar-refractivity contribution is 6.12. The van der Waals surface area contributed by atoms with Gasteiger partial charge in [-0.3, -0.25) is 38.5 Å². The maximum absolute atomic E-state index is 14.8. The Morgan fingerprint density at radius 3 is 2.38 bits per heavy atom. The van der Waals surface area contributed by atoms with Crippen LogP contribution in [0.3, 0.4) is 0 Å². The van der Waals surface area contributed by atoms with Crippen LogP contribution in [0.5, 0.6) is 0 Å². The number of fused-ring (bicyclic) bond motifs is 5. The smallest absolute Gasteiger partial charge is 0.343 e. The molecule has 0 radical (unpaired) electrons. The van der Waals surface area contributed by atoms with Crippen LogP contribution in [0.25, 0.3) is 22.3 Å². The number of hydrogen-bond donors (Lipinski definition) is 3. The fourth-order valence-corrected chi connectivity index (χ4v) is 8.42. The molecule has 3 aliphatic rings. The first-order chi connectivity index (χ1) is 30.4. The Morgan fingerprint density at radius 1 is 0.938 bits per heavy atom. The van der Waals surface area contributed by atoms with Gasteiger partial charge in [0, 0.05) is 79.0 Å². The maximum atomic E-state index is 14.8. The van der Waals surface area contributed by atoms with Crippen molar-refractivity contribution in [2.45, 2.75) is 124 Å². The van der Waals surface area contributed by atoms with Gasteiger partial charge in [0.25, 0.3) is 17.4 Å². The van der Waals surface area contributed by atoms with Crippen LogP contribution in [-0.2, 0) is 68.2 Å². The molecule has 64 heavy (non-hydrogen) atoms. The number of hydrogen-bond acceptors (Lipinski definition) is 12. The lowest BCUT2D eigenvalue weighted by Crippen LogP contribution is -2.44. The summed E-state index contributed by atoms with van der Waals surface area (Å²) in [5.41, 5.74) is 1.53. The molecule has 16 nitrogen and oxygen atoms in total. The summed E-state index contributed by atoms with van der Waals surface area (Å²) in [6.07, 6.45) is 6.17. The van der Waals surface area contributed by atoms with Gasteiger partial charge in [-0.1, -0.05) is 27.2 Å². The van der Waals surface area contributed by atoms with Crippen LogP contribution in [0, 0.1) is 24.6 Å². The first-order valence-electron chi connectivity index (χ1n) is 22.0. The Bertz CT molecular complexity index is 2460. The second-order valence-corrected chi connectivity index (χ2v) is 17.1. The Balaban J connectivity index is 0.931. The number of ketones is 2. The zero-order valence-electron chi connectivity index (χ0n) is 37.0. The van der Waals surface area contributed by atoms with Crippen molar-refractivity contribution in [1.29, 1.82) is 0 Å². The molecule has 2 aromatic heterocycles. The summed E-state index contributed by atoms with van der Waals surface area (Å²) in [7, 11) is 0. The molecular formula is C47H56FN5O11. The molecule has 0 spiro atoms. The van der Waals surface area contributed by atoms with Gasteiger partial charge in [-0.2, -0.15) is 0 Å². The summed E-state index contributed by atoms with van der Waals surface area (Å²) in [6, 6.07) is 3.88. The molecule has 0 saturated carbocycles. The number of nitrogens with zero attached hydrogens (tertiary/aromatic N) is 3. The van der Waals surface area contributed by atoms with E-state index in [-0.39, 0.29) is 85.6 Å². The Kier molecular flexibility index (Phi) is 15.1. The first kappa shape index (κ1) is 47.5. The number of Topliss-reactive ketones (excluding diaryl/α,β-unsaturated/α-hetero) is 2. The third-order valence-corrected chi connectivity index (χ3v) is 12.4. The Hall–Kier alpha value is -5.94. The molecule has 0 unspecified atom stereocenters. The molecule has 3 aromatic rings. The number of aryl methyl sites for hydroxylation is 2. The standard InChI is InChI=1S/C47H56FN5O11/c1-6-47(62)35-21-38-42-33(23-53(38)45(60)34(35)24-64-46(47)61)31(32-19-26(2)36(48)22-37(32)51-42)13-9-11-17-63-25-49-43(58)28(4)20-39(55)29(5)50-44(59)27(3)18-30(54)12-8-7-10-16-52-40(56)14-15-41(52)57/h14-15,19,21-22,27-29,62H,6-13,16-18,20,23-25H2,1-5H3,(H,49,58)(H,50,59)/t27-,28-,29+,47+/m1/s1. The van der Waals surface area contributed by atoms with Crippen LogP contribution in [0.2, 0.25) is 0 Å². The minimum Gasteiger partial charge on any atom is -0.458 e. The van der Waals surface area contributed by atoms with Gasteiger partial charge in [0.2, 0.25) is 11.8 Å². The van der Waals surface area contributed by atoms with Crippen molar-refractivity contribution in [2.75, 3.05) is 19.9 Å². The van der Waals surface area contributed by atoms with Crippen LogP contribution in [-0.4, -0.2) is 86.6 Å². The molecule has 4 amide bonds. The van der Waals surface area contributed by atoms with Gasteiger partial charge in [-0.25, -0.2) is 14.2 Å². The molecule has 4 atom stereocenters. The molecule has 17 heteroatoms. The van der Waals surface area contributed by atoms with Gasteiger partial charge >= 0.3 is 5.97 Å². The monoisotopic (exact) mass is 885 g/mol. The topological polar surface area (TPSA) is 220 Å². The molecule has 3 N–H and O–H groups in total. The zero-order valence-corrected chi connectivity index (χ0v) is 37.0. The average Bonchev–Trinajstić information content (AvgIpc) is 3.79. The van der Waals surface area contributed by atoms with E-state index in [2.05, 4.69) is 10.6 Å². The minimum absolute atomic E-state index is 0.00704. The van der Waals surface area contributed by atoms with Crippen LogP contribution in [0.15, 0.2) is 35.1 Å². The van der Waals surface area contributed by atoms with Crippen molar-refractivity contribution in [3.8, 4) is 11.4 Å². The van der Waals surface area contributed by atoms with Crippen molar-refractivity contribution in [2.24, 2.45) is 11.8 Å². The lowest BCUT2D eigenvalue weighted by atomic mass is 9.86. The van der Waals surface area contributed by atoms with Gasteiger partial charge in [-0.15, -0.1) is 0 Å². The Morgan fingerprint density at radius 2 is 1.66 bits per heavy atom. The maximum Gasteiger partial charge on any atom is 0.343 e. The van der Waals surface area contributed by atoms with Gasteiger partial charge in [0.1, 0.15) is 24.9 Å². The number of pyridine rings is 2. The molecule has 0 saturated heterocycles. The van der Waals surface area contributed by atoms with Crippen LogP contribution < -0.4 is 16.2 Å². The summed E-state index contributed by atoms with van der Waals surface area (Å²) in [5.74, 6) is -4.55. The molecule has 0 bridgehead atoms. The van der Waals surface area contributed by atoms with E-state index in [0.717, 1.165) is 21.4 Å². The predicted molar refractivity (Wildman–Crippen MR) is 231 cm³/mol. The summed E-state index contributed by atoms with van der Waals surface area (Å²) in [4.78, 5) is 107. The number of amides is 4. The molecule has 6 rings (SSSR count). The largest absolute Gasteiger partial charge is 0.458 e. The van der Waals surface area contributed by atoms with E-state index in [0.29, 0.717) is 74.1 Å². The normalized spacial score (nSPS) is 17.7. The number of aliphatic hydroxyl groups is 1. The molecule has 3 aliphatic heterocycles. The number of carbonyl (C=O) groups excluding carboxylic acids is 7. The number of halogens is 1. The number of carbonyl (C=O) groups is 7. The summed E-state index contributed by atoms with van der Waals surface area (Å²) >= 11 is 0. The summed E-state index contributed by atoms with van der Waals surface area (Å²) in [5, 5.41) is 17.3. The number of unbranched alkanes of at least 4 members (excludes halogenated alkanes) is 3. The molecule has 1 aromatic carbocycles. The minimum atomic E-state index is -1.98. The lowest BCUT2D eigenvalue weighted by Gasteiger charge is -2.31. The van der Waals surface area contributed by atoms with Gasteiger partial charge in [0.15, 0.2) is 11.4 Å². The van der Waals surface area contributed by atoms with E-state index >= 15 is 0 Å². The number of aromatic nitrogens is 2. The average molecular weight is 886 g/mol. The summed E-state index contributed by atoms with van der Waals surface area (Å²) < 4.78 is 27.3. The van der Waals surface area contributed by atoms with E-state index in [4.69, 9.17) is 14.5 Å². The fraction of sp³-hybridized carbons (Fsp3) is 0.511. The quantitative estimate of drug-likeness (QED) is 0.0439. The molecule has 342 valence electrons. The summed E-state index contributed by atoms with van der Waals surface area (Å²) in [6.45, 7) is 8.51. The number of cyclic esters (lactones) is 1. The molecule has 0 fully saturated rings. The first-order valence-corrected chi connectivity index (χ1v) is 22.0. The predicted octanol–water partition coefficient (Wildman–Crippen LogP) is 4.12. The van der Waals surface area contributed by atoms with Crippen LogP contribution in [0.4, 0.5) is 4.39 Å². The molecule has 0 aliphatic carbocycles. The van der Waals surface area contributed by atoms with Gasteiger partial charge in [-0.05, 0) is 75.6 Å². The zero-order chi connectivity index (χ0) is 46.5. The van der Waals surface area contributed by atoms with Crippen LogP contribution >= 0.6 is 0 Å². The molecular weight excluding hydrogens is 830 g/mol. The molecule has 5 heterocycles. The van der Waals surface area contributed by atoms with Crippen LogP contribution in [0.1, 0.15) is 113 Å². The van der Waals surface area contributed by atoms with E-state index in [1.54, 1.807) is 44.4 Å². The number of esters is 1. The van der Waals surface area contributed by atoms with Crippen molar-refractivity contribution in [3.63, 3.8) is 0 Å². The third-order valence-electron chi connectivity index (χ3n) is 12.4. The number of imide groups is 1. The van der Waals surface area contributed by atoms with E-state index in [1.165, 1.54) is 25.1 Å². The van der Waals surface area contributed by atoms with Gasteiger partial charge in [0.05, 0.1) is 35.1 Å². The highest BCUT2D eigenvalue weighted by atomic mass is 19.1. The third kappa shape index (κ3) is 10.2. The number of nitrogens with one attached hydrogen (secondary N) is 2. The Labute approximate surface area is 369 Å². The van der Waals surface area contributed by atoms with Crippen molar-refractivity contribution in [1.82, 2.24) is 25.1 Å². The van der Waals surface area contributed by atoms with Crippen molar-refractivity contribution < 1.29 is 52.5 Å². The second kappa shape index (κ2) is 20.3. The van der Waals surface area contributed by atoms with E-state index in [9.17, 15) is 47.9 Å². The van der Waals surface area contributed by atoms with Gasteiger partial charge < -0.3 is 29.8 Å². The highest BCUT2D eigenvalue weighted by Crippen LogP contribution is 2.41. The van der Waals surface area contributed by atoms with Crippen molar-refractivity contribution >= 4 is 52.1 Å². The lowest BCUT2D eigenvalue weighted by molar-refractivity contribution is -0.172.